The lowest BCUT2D eigenvalue weighted by Crippen LogP contribution is -2.24. The molecule has 0 aliphatic heterocycles. The van der Waals surface area contributed by atoms with Gasteiger partial charge in [0.1, 0.15) is 0 Å². The van der Waals surface area contributed by atoms with E-state index in [0.717, 1.165) is 34.1 Å². The predicted molar refractivity (Wildman–Crippen MR) is 85.4 cm³/mol. The lowest BCUT2D eigenvalue weighted by Gasteiger charge is -2.22. The standard InChI is InChI=1S/C17H18BrF2N/c1-3-8-21-17(12-5-7-15(19)16(20)9-12)14-10-13(18)6-4-11(14)2/h4-7,9-10,17,21H,3,8H2,1-2H3. The maximum atomic E-state index is 13.5. The van der Waals surface area contributed by atoms with Crippen LogP contribution in [0.1, 0.15) is 36.1 Å². The van der Waals surface area contributed by atoms with Crippen molar-refractivity contribution >= 4 is 15.9 Å². The van der Waals surface area contributed by atoms with Crippen molar-refractivity contribution in [3.63, 3.8) is 0 Å². The summed E-state index contributed by atoms with van der Waals surface area (Å²) < 4.78 is 27.7. The zero-order valence-corrected chi connectivity index (χ0v) is 13.7. The molecule has 0 fully saturated rings. The van der Waals surface area contributed by atoms with Crippen LogP contribution in [0.3, 0.4) is 0 Å². The van der Waals surface area contributed by atoms with Gasteiger partial charge in [-0.3, -0.25) is 0 Å². The number of rotatable bonds is 5. The second kappa shape index (κ2) is 7.14. The molecule has 1 atom stereocenters. The molecular formula is C17H18BrF2N. The quantitative estimate of drug-likeness (QED) is 0.785. The molecule has 1 N–H and O–H groups in total. The predicted octanol–water partition coefficient (Wildman–Crippen LogP) is 5.12. The van der Waals surface area contributed by atoms with E-state index in [1.165, 1.54) is 12.1 Å². The Balaban J connectivity index is 2.46. The Hall–Kier alpha value is -1.26. The molecule has 0 spiro atoms. The minimum Gasteiger partial charge on any atom is -0.306 e. The Bertz CT molecular complexity index is 628. The molecule has 112 valence electrons. The molecule has 1 unspecified atom stereocenters. The van der Waals surface area contributed by atoms with Gasteiger partial charge in [-0.2, -0.15) is 0 Å². The Labute approximate surface area is 132 Å². The van der Waals surface area contributed by atoms with E-state index in [2.05, 4.69) is 28.2 Å². The highest BCUT2D eigenvalue weighted by Gasteiger charge is 2.17. The maximum Gasteiger partial charge on any atom is 0.159 e. The minimum absolute atomic E-state index is 0.155. The molecule has 2 aromatic rings. The number of halogens is 3. The van der Waals surface area contributed by atoms with E-state index in [4.69, 9.17) is 0 Å². The van der Waals surface area contributed by atoms with E-state index in [1.807, 2.05) is 25.1 Å². The average molecular weight is 354 g/mol. The first kappa shape index (κ1) is 16.1. The molecule has 0 amide bonds. The van der Waals surface area contributed by atoms with Crippen molar-refractivity contribution in [2.45, 2.75) is 26.3 Å². The normalized spacial score (nSPS) is 12.4. The second-order valence-corrected chi connectivity index (χ2v) is 5.98. The number of hydrogen-bond donors (Lipinski definition) is 1. The number of aryl methyl sites for hydroxylation is 1. The summed E-state index contributed by atoms with van der Waals surface area (Å²) in [6.45, 7) is 4.89. The summed E-state index contributed by atoms with van der Waals surface area (Å²) in [5.41, 5.74) is 2.89. The summed E-state index contributed by atoms with van der Waals surface area (Å²) in [5.74, 6) is -1.64. The lowest BCUT2D eigenvalue weighted by atomic mass is 9.94. The molecule has 0 radical (unpaired) electrons. The molecular weight excluding hydrogens is 336 g/mol. The van der Waals surface area contributed by atoms with Crippen LogP contribution in [0.2, 0.25) is 0 Å². The van der Waals surface area contributed by atoms with E-state index in [9.17, 15) is 8.78 Å². The van der Waals surface area contributed by atoms with Crippen molar-refractivity contribution in [3.05, 3.63) is 69.2 Å². The fourth-order valence-corrected chi connectivity index (χ4v) is 2.69. The summed E-state index contributed by atoms with van der Waals surface area (Å²) in [6, 6.07) is 9.93. The summed E-state index contributed by atoms with van der Waals surface area (Å²) in [4.78, 5) is 0. The molecule has 21 heavy (non-hydrogen) atoms. The Morgan fingerprint density at radius 1 is 1.10 bits per heavy atom. The third-order valence-corrected chi connectivity index (χ3v) is 3.92. The van der Waals surface area contributed by atoms with Gasteiger partial charge in [0.05, 0.1) is 6.04 Å². The van der Waals surface area contributed by atoms with Crippen LogP contribution >= 0.6 is 15.9 Å². The Morgan fingerprint density at radius 2 is 1.86 bits per heavy atom. The molecule has 0 heterocycles. The zero-order valence-electron chi connectivity index (χ0n) is 12.1. The molecule has 2 rings (SSSR count). The number of benzene rings is 2. The Morgan fingerprint density at radius 3 is 2.52 bits per heavy atom. The van der Waals surface area contributed by atoms with Gasteiger partial charge < -0.3 is 5.32 Å². The fourth-order valence-electron chi connectivity index (χ4n) is 2.31. The number of hydrogen-bond acceptors (Lipinski definition) is 1. The summed E-state index contributed by atoms with van der Waals surface area (Å²) in [6.07, 6.45) is 0.966. The van der Waals surface area contributed by atoms with Gasteiger partial charge in [0.2, 0.25) is 0 Å². The van der Waals surface area contributed by atoms with Gasteiger partial charge in [-0.1, -0.05) is 35.0 Å². The molecule has 0 bridgehead atoms. The van der Waals surface area contributed by atoms with Gasteiger partial charge in [-0.25, -0.2) is 8.78 Å². The van der Waals surface area contributed by atoms with Crippen molar-refractivity contribution in [1.29, 1.82) is 0 Å². The van der Waals surface area contributed by atoms with Gasteiger partial charge in [0, 0.05) is 4.47 Å². The molecule has 0 aromatic heterocycles. The van der Waals surface area contributed by atoms with E-state index < -0.39 is 11.6 Å². The summed E-state index contributed by atoms with van der Waals surface area (Å²) in [7, 11) is 0. The van der Waals surface area contributed by atoms with Gasteiger partial charge >= 0.3 is 0 Å². The maximum absolute atomic E-state index is 13.5. The van der Waals surface area contributed by atoms with Crippen LogP contribution in [0.4, 0.5) is 8.78 Å². The first-order valence-electron chi connectivity index (χ1n) is 6.97. The average Bonchev–Trinajstić information content (AvgIpc) is 2.46. The molecule has 2 aromatic carbocycles. The van der Waals surface area contributed by atoms with E-state index in [0.29, 0.717) is 0 Å². The summed E-state index contributed by atoms with van der Waals surface area (Å²) in [5, 5.41) is 3.41. The van der Waals surface area contributed by atoms with Crippen molar-refractivity contribution in [3.8, 4) is 0 Å². The number of nitrogens with one attached hydrogen (secondary N) is 1. The van der Waals surface area contributed by atoms with Crippen LogP contribution < -0.4 is 5.32 Å². The molecule has 0 aliphatic carbocycles. The van der Waals surface area contributed by atoms with E-state index >= 15 is 0 Å². The highest BCUT2D eigenvalue weighted by Crippen LogP contribution is 2.28. The minimum atomic E-state index is -0.820. The molecule has 4 heteroatoms. The van der Waals surface area contributed by atoms with Crippen LogP contribution in [-0.2, 0) is 0 Å². The van der Waals surface area contributed by atoms with Gasteiger partial charge in [-0.15, -0.1) is 0 Å². The van der Waals surface area contributed by atoms with Gasteiger partial charge in [0.25, 0.3) is 0 Å². The van der Waals surface area contributed by atoms with Crippen LogP contribution in [0, 0.1) is 18.6 Å². The zero-order chi connectivity index (χ0) is 15.4. The van der Waals surface area contributed by atoms with Crippen LogP contribution in [0.5, 0.6) is 0 Å². The van der Waals surface area contributed by atoms with E-state index in [-0.39, 0.29) is 6.04 Å². The van der Waals surface area contributed by atoms with Crippen LogP contribution in [0.25, 0.3) is 0 Å². The largest absolute Gasteiger partial charge is 0.306 e. The van der Waals surface area contributed by atoms with Gasteiger partial charge in [0.15, 0.2) is 11.6 Å². The monoisotopic (exact) mass is 353 g/mol. The van der Waals surface area contributed by atoms with Gasteiger partial charge in [-0.05, 0) is 60.8 Å². The first-order chi connectivity index (χ1) is 10.0. The smallest absolute Gasteiger partial charge is 0.159 e. The molecule has 0 saturated carbocycles. The first-order valence-corrected chi connectivity index (χ1v) is 7.76. The third-order valence-electron chi connectivity index (χ3n) is 3.43. The topological polar surface area (TPSA) is 12.0 Å². The highest BCUT2D eigenvalue weighted by molar-refractivity contribution is 9.10. The second-order valence-electron chi connectivity index (χ2n) is 5.06. The molecule has 1 nitrogen and oxygen atoms in total. The van der Waals surface area contributed by atoms with Crippen molar-refractivity contribution in [2.75, 3.05) is 6.54 Å². The third kappa shape index (κ3) is 3.89. The van der Waals surface area contributed by atoms with Crippen molar-refractivity contribution in [1.82, 2.24) is 5.32 Å². The van der Waals surface area contributed by atoms with Crippen molar-refractivity contribution in [2.24, 2.45) is 0 Å². The van der Waals surface area contributed by atoms with E-state index in [1.54, 1.807) is 6.07 Å². The fraction of sp³-hybridized carbons (Fsp3) is 0.294. The lowest BCUT2D eigenvalue weighted by molar-refractivity contribution is 0.503. The highest BCUT2D eigenvalue weighted by atomic mass is 79.9. The summed E-state index contributed by atoms with van der Waals surface area (Å²) >= 11 is 3.47. The SMILES string of the molecule is CCCNC(c1ccc(F)c(F)c1)c1cc(Br)ccc1C. The molecule has 0 aliphatic rings. The van der Waals surface area contributed by atoms with Crippen molar-refractivity contribution < 1.29 is 8.78 Å². The van der Waals surface area contributed by atoms with Crippen LogP contribution in [-0.4, -0.2) is 6.54 Å². The molecule has 0 saturated heterocycles. The Kier molecular flexibility index (Phi) is 5.48. The van der Waals surface area contributed by atoms with Crippen LogP contribution in [0.15, 0.2) is 40.9 Å².